The van der Waals surface area contributed by atoms with Crippen LogP contribution in [0.3, 0.4) is 0 Å². The highest BCUT2D eigenvalue weighted by Gasteiger charge is 2.19. The third-order valence-corrected chi connectivity index (χ3v) is 3.36. The number of hydrogen-bond donors (Lipinski definition) is 2. The summed E-state index contributed by atoms with van der Waals surface area (Å²) in [4.78, 5) is 24.1. The van der Waals surface area contributed by atoms with Gasteiger partial charge in [-0.3, -0.25) is 20.4 Å². The number of rotatable bonds is 5. The Kier molecular flexibility index (Phi) is 5.74. The Morgan fingerprint density at radius 3 is 2.30 bits per heavy atom. The Morgan fingerprint density at radius 2 is 1.65 bits per heavy atom. The standard InChI is InChI=1S/C18H20N2O3/c1-3-15(23-16-12-8-7-9-13(16)2)18(22)20-19-17(21)14-10-5-4-6-11-14/h4-12,15H,3H2,1-2H3,(H,19,21)(H,20,22). The Balaban J connectivity index is 1.93. The number of para-hydroxylation sites is 1. The Hall–Kier alpha value is -2.82. The van der Waals surface area contributed by atoms with Gasteiger partial charge in [-0.15, -0.1) is 0 Å². The highest BCUT2D eigenvalue weighted by Crippen LogP contribution is 2.18. The van der Waals surface area contributed by atoms with E-state index in [1.54, 1.807) is 24.3 Å². The molecule has 0 spiro atoms. The van der Waals surface area contributed by atoms with E-state index in [1.165, 1.54) is 0 Å². The van der Waals surface area contributed by atoms with Gasteiger partial charge < -0.3 is 4.74 Å². The molecule has 1 unspecified atom stereocenters. The summed E-state index contributed by atoms with van der Waals surface area (Å²) in [6.45, 7) is 3.76. The van der Waals surface area contributed by atoms with Crippen LogP contribution < -0.4 is 15.6 Å². The lowest BCUT2D eigenvalue weighted by Gasteiger charge is -2.18. The average molecular weight is 312 g/mol. The molecule has 120 valence electrons. The summed E-state index contributed by atoms with van der Waals surface area (Å²) in [5.41, 5.74) is 6.23. The number of nitrogens with one attached hydrogen (secondary N) is 2. The van der Waals surface area contributed by atoms with Gasteiger partial charge in [0.1, 0.15) is 5.75 Å². The maximum atomic E-state index is 12.2. The summed E-state index contributed by atoms with van der Waals surface area (Å²) in [5, 5.41) is 0. The average Bonchev–Trinajstić information content (AvgIpc) is 2.59. The first kappa shape index (κ1) is 16.5. The summed E-state index contributed by atoms with van der Waals surface area (Å²) in [5.74, 6) is -0.103. The van der Waals surface area contributed by atoms with Gasteiger partial charge in [0.15, 0.2) is 6.10 Å². The van der Waals surface area contributed by atoms with E-state index in [0.29, 0.717) is 17.7 Å². The highest BCUT2D eigenvalue weighted by atomic mass is 16.5. The van der Waals surface area contributed by atoms with Crippen molar-refractivity contribution in [3.63, 3.8) is 0 Å². The highest BCUT2D eigenvalue weighted by molar-refractivity contribution is 5.95. The van der Waals surface area contributed by atoms with E-state index in [2.05, 4.69) is 10.9 Å². The molecule has 1 atom stereocenters. The first-order valence-electron chi connectivity index (χ1n) is 7.49. The van der Waals surface area contributed by atoms with Gasteiger partial charge in [-0.1, -0.05) is 43.3 Å². The van der Waals surface area contributed by atoms with Crippen LogP contribution in [0.5, 0.6) is 5.75 Å². The molecule has 0 aromatic heterocycles. The molecule has 0 radical (unpaired) electrons. The van der Waals surface area contributed by atoms with Gasteiger partial charge in [-0.05, 0) is 37.1 Å². The molecule has 0 aliphatic heterocycles. The van der Waals surface area contributed by atoms with Crippen molar-refractivity contribution in [1.82, 2.24) is 10.9 Å². The van der Waals surface area contributed by atoms with E-state index in [9.17, 15) is 9.59 Å². The molecule has 0 aliphatic carbocycles. The molecule has 0 heterocycles. The zero-order chi connectivity index (χ0) is 16.7. The fourth-order valence-corrected chi connectivity index (χ4v) is 2.02. The molecule has 2 aromatic carbocycles. The van der Waals surface area contributed by atoms with Crippen LogP contribution in [0.25, 0.3) is 0 Å². The van der Waals surface area contributed by atoms with Crippen molar-refractivity contribution in [2.45, 2.75) is 26.4 Å². The molecule has 2 N–H and O–H groups in total. The van der Waals surface area contributed by atoms with Crippen LogP contribution in [0.2, 0.25) is 0 Å². The van der Waals surface area contributed by atoms with Crippen LogP contribution >= 0.6 is 0 Å². The minimum atomic E-state index is -0.674. The molecule has 0 fully saturated rings. The number of carbonyl (C=O) groups is 2. The SMILES string of the molecule is CCC(Oc1ccccc1C)C(=O)NNC(=O)c1ccccc1. The second-order valence-corrected chi connectivity index (χ2v) is 5.09. The third kappa shape index (κ3) is 4.57. The summed E-state index contributed by atoms with van der Waals surface area (Å²) in [6.07, 6.45) is -0.186. The minimum absolute atomic E-state index is 0.371. The Labute approximate surface area is 135 Å². The predicted molar refractivity (Wildman–Crippen MR) is 87.9 cm³/mol. The Bertz CT molecular complexity index is 671. The molecule has 2 amide bonds. The van der Waals surface area contributed by atoms with Crippen LogP contribution in [0.1, 0.15) is 29.3 Å². The first-order chi connectivity index (χ1) is 11.1. The molecule has 5 nitrogen and oxygen atoms in total. The second-order valence-electron chi connectivity index (χ2n) is 5.09. The van der Waals surface area contributed by atoms with Gasteiger partial charge >= 0.3 is 0 Å². The van der Waals surface area contributed by atoms with E-state index in [1.807, 2.05) is 44.2 Å². The lowest BCUT2D eigenvalue weighted by molar-refractivity contribution is -0.128. The van der Waals surface area contributed by atoms with Gasteiger partial charge in [-0.2, -0.15) is 0 Å². The van der Waals surface area contributed by atoms with E-state index in [0.717, 1.165) is 5.56 Å². The summed E-state index contributed by atoms with van der Waals surface area (Å²) in [7, 11) is 0. The van der Waals surface area contributed by atoms with E-state index in [-0.39, 0.29) is 11.8 Å². The van der Waals surface area contributed by atoms with E-state index in [4.69, 9.17) is 4.74 Å². The fourth-order valence-electron chi connectivity index (χ4n) is 2.02. The van der Waals surface area contributed by atoms with Gasteiger partial charge in [0.2, 0.25) is 0 Å². The van der Waals surface area contributed by atoms with Crippen molar-refractivity contribution in [2.75, 3.05) is 0 Å². The third-order valence-electron chi connectivity index (χ3n) is 3.36. The zero-order valence-electron chi connectivity index (χ0n) is 13.2. The molecule has 5 heteroatoms. The quantitative estimate of drug-likeness (QED) is 0.834. The monoisotopic (exact) mass is 312 g/mol. The van der Waals surface area contributed by atoms with Crippen LogP contribution in [-0.2, 0) is 4.79 Å². The van der Waals surface area contributed by atoms with Gasteiger partial charge in [0.25, 0.3) is 11.8 Å². The predicted octanol–water partition coefficient (Wildman–Crippen LogP) is 2.61. The lowest BCUT2D eigenvalue weighted by Crippen LogP contribution is -2.48. The van der Waals surface area contributed by atoms with Crippen molar-refractivity contribution >= 4 is 11.8 Å². The molecule has 0 bridgehead atoms. The minimum Gasteiger partial charge on any atom is -0.480 e. The number of aryl methyl sites for hydroxylation is 1. The van der Waals surface area contributed by atoms with Gasteiger partial charge in [-0.25, -0.2) is 0 Å². The molecule has 0 saturated carbocycles. The van der Waals surface area contributed by atoms with E-state index < -0.39 is 6.10 Å². The first-order valence-corrected chi connectivity index (χ1v) is 7.49. The smallest absolute Gasteiger partial charge is 0.279 e. The normalized spacial score (nSPS) is 11.4. The number of amides is 2. The molecular formula is C18H20N2O3. The summed E-state index contributed by atoms with van der Waals surface area (Å²) < 4.78 is 5.73. The molecule has 2 aromatic rings. The largest absolute Gasteiger partial charge is 0.480 e. The topological polar surface area (TPSA) is 67.4 Å². The van der Waals surface area contributed by atoms with Gasteiger partial charge in [0.05, 0.1) is 0 Å². The molecule has 0 saturated heterocycles. The van der Waals surface area contributed by atoms with Crippen LogP contribution in [0, 0.1) is 6.92 Å². The van der Waals surface area contributed by atoms with Gasteiger partial charge in [0, 0.05) is 5.56 Å². The number of benzene rings is 2. The fraction of sp³-hybridized carbons (Fsp3) is 0.222. The van der Waals surface area contributed by atoms with Crippen molar-refractivity contribution in [3.8, 4) is 5.75 Å². The number of carbonyl (C=O) groups excluding carboxylic acids is 2. The Morgan fingerprint density at radius 1 is 1.00 bits per heavy atom. The van der Waals surface area contributed by atoms with Crippen LogP contribution in [0.15, 0.2) is 54.6 Å². The molecular weight excluding hydrogens is 292 g/mol. The van der Waals surface area contributed by atoms with Crippen molar-refractivity contribution < 1.29 is 14.3 Å². The number of hydrazine groups is 1. The van der Waals surface area contributed by atoms with Crippen LogP contribution in [-0.4, -0.2) is 17.9 Å². The van der Waals surface area contributed by atoms with Crippen molar-refractivity contribution in [1.29, 1.82) is 0 Å². The number of hydrogen-bond acceptors (Lipinski definition) is 3. The molecule has 2 rings (SSSR count). The molecule has 23 heavy (non-hydrogen) atoms. The van der Waals surface area contributed by atoms with E-state index >= 15 is 0 Å². The maximum absolute atomic E-state index is 12.2. The number of ether oxygens (including phenoxy) is 1. The van der Waals surface area contributed by atoms with Crippen molar-refractivity contribution in [2.24, 2.45) is 0 Å². The van der Waals surface area contributed by atoms with Crippen LogP contribution in [0.4, 0.5) is 0 Å². The zero-order valence-corrected chi connectivity index (χ0v) is 13.2. The van der Waals surface area contributed by atoms with Crippen molar-refractivity contribution in [3.05, 3.63) is 65.7 Å². The second kappa shape index (κ2) is 7.98. The molecule has 0 aliphatic rings. The summed E-state index contributed by atoms with van der Waals surface area (Å²) in [6, 6.07) is 16.2. The lowest BCUT2D eigenvalue weighted by atomic mass is 10.2. The maximum Gasteiger partial charge on any atom is 0.279 e. The summed E-state index contributed by atoms with van der Waals surface area (Å²) >= 11 is 0.